The minimum Gasteiger partial charge on any atom is -0.475 e. The zero-order valence-electron chi connectivity index (χ0n) is 18.3. The fourth-order valence-corrected chi connectivity index (χ4v) is 3.00. The molecule has 0 bridgehead atoms. The molecule has 0 aliphatic carbocycles. The predicted molar refractivity (Wildman–Crippen MR) is 104 cm³/mol. The van der Waals surface area contributed by atoms with Crippen LogP contribution in [0.3, 0.4) is 0 Å². The third kappa shape index (κ3) is 9.42. The van der Waals surface area contributed by atoms with Crippen LogP contribution in [0.5, 0.6) is 0 Å². The van der Waals surface area contributed by atoms with Crippen molar-refractivity contribution in [1.29, 1.82) is 0 Å². The number of nitrogens with one attached hydrogen (secondary N) is 2. The van der Waals surface area contributed by atoms with Crippen molar-refractivity contribution in [1.82, 2.24) is 25.3 Å². The molecule has 0 spiro atoms. The van der Waals surface area contributed by atoms with Crippen LogP contribution >= 0.6 is 0 Å². The molecule has 0 unspecified atom stereocenters. The number of carbonyl (C=O) groups is 4. The number of carboxylic acids is 2. The predicted octanol–water partition coefficient (Wildman–Crippen LogP) is 1.02. The Morgan fingerprint density at radius 3 is 2.00 bits per heavy atom. The van der Waals surface area contributed by atoms with E-state index >= 15 is 0 Å². The third-order valence-corrected chi connectivity index (χ3v) is 4.57. The molecule has 0 atom stereocenters. The summed E-state index contributed by atoms with van der Waals surface area (Å²) in [6.07, 6.45) is -8.17. The maximum Gasteiger partial charge on any atom is 0.490 e. The summed E-state index contributed by atoms with van der Waals surface area (Å²) in [5.41, 5.74) is 2.55. The summed E-state index contributed by atoms with van der Waals surface area (Å²) in [5, 5.41) is 24.2. The molecule has 2 aliphatic heterocycles. The van der Waals surface area contributed by atoms with Crippen LogP contribution in [-0.4, -0.2) is 99.0 Å². The number of hydrogen-bond donors (Lipinski definition) is 4. The molecule has 1 fully saturated rings. The molecule has 4 N–H and O–H groups in total. The van der Waals surface area contributed by atoms with Crippen LogP contribution in [0.25, 0.3) is 0 Å². The monoisotopic (exact) mass is 519 g/mol. The van der Waals surface area contributed by atoms with E-state index in [1.165, 1.54) is 0 Å². The highest BCUT2D eigenvalue weighted by Gasteiger charge is 2.39. The highest BCUT2D eigenvalue weighted by atomic mass is 19.4. The number of amides is 2. The number of fused-ring (bicyclic) bond motifs is 1. The quantitative estimate of drug-likeness (QED) is 0.432. The van der Waals surface area contributed by atoms with Crippen molar-refractivity contribution in [3.05, 3.63) is 17.0 Å². The molecule has 198 valence electrons. The first-order valence-electron chi connectivity index (χ1n) is 10.0. The maximum atomic E-state index is 12.6. The van der Waals surface area contributed by atoms with E-state index in [4.69, 9.17) is 19.8 Å². The average Bonchev–Trinajstić information content (AvgIpc) is 3.16. The number of nitrogens with zero attached hydrogens (tertiary/aromatic N) is 3. The van der Waals surface area contributed by atoms with E-state index in [1.807, 2.05) is 0 Å². The first-order valence-corrected chi connectivity index (χ1v) is 10.0. The Bertz CT molecular complexity index is 893. The Kier molecular flexibility index (Phi) is 10.5. The first-order chi connectivity index (χ1) is 16.1. The van der Waals surface area contributed by atoms with Crippen LogP contribution in [-0.2, 0) is 27.3 Å². The Morgan fingerprint density at radius 2 is 1.54 bits per heavy atom. The molecule has 11 nitrogen and oxygen atoms in total. The second-order valence-corrected chi connectivity index (χ2v) is 7.24. The molecule has 3 rings (SSSR count). The van der Waals surface area contributed by atoms with Gasteiger partial charge in [-0.25, -0.2) is 9.59 Å². The van der Waals surface area contributed by atoms with E-state index in [1.54, 1.807) is 4.90 Å². The van der Waals surface area contributed by atoms with Gasteiger partial charge < -0.3 is 20.4 Å². The van der Waals surface area contributed by atoms with Crippen LogP contribution in [0, 0.1) is 0 Å². The van der Waals surface area contributed by atoms with E-state index < -0.39 is 24.3 Å². The number of carboxylic acid groups (broad SMARTS) is 2. The van der Waals surface area contributed by atoms with Gasteiger partial charge in [-0.3, -0.25) is 19.6 Å². The van der Waals surface area contributed by atoms with Gasteiger partial charge in [0, 0.05) is 43.9 Å². The van der Waals surface area contributed by atoms with Gasteiger partial charge in [0.25, 0.3) is 5.91 Å². The lowest BCUT2D eigenvalue weighted by atomic mass is 10.0. The topological polar surface area (TPSA) is 156 Å². The molecule has 3 heterocycles. The maximum absolute atomic E-state index is 12.6. The Hall–Kier alpha value is -3.37. The van der Waals surface area contributed by atoms with E-state index in [-0.39, 0.29) is 18.4 Å². The largest absolute Gasteiger partial charge is 0.490 e. The third-order valence-electron chi connectivity index (χ3n) is 4.57. The van der Waals surface area contributed by atoms with Crippen molar-refractivity contribution in [2.24, 2.45) is 0 Å². The zero-order valence-corrected chi connectivity index (χ0v) is 18.3. The van der Waals surface area contributed by atoms with E-state index in [0.29, 0.717) is 18.8 Å². The van der Waals surface area contributed by atoms with Gasteiger partial charge in [0.15, 0.2) is 5.69 Å². The van der Waals surface area contributed by atoms with Gasteiger partial charge in [-0.1, -0.05) is 6.92 Å². The van der Waals surface area contributed by atoms with E-state index in [2.05, 4.69) is 27.3 Å². The van der Waals surface area contributed by atoms with Gasteiger partial charge >= 0.3 is 24.3 Å². The van der Waals surface area contributed by atoms with Crippen molar-refractivity contribution in [3.8, 4) is 0 Å². The zero-order chi connectivity index (χ0) is 27.0. The van der Waals surface area contributed by atoms with Gasteiger partial charge in [-0.15, -0.1) is 0 Å². The summed E-state index contributed by atoms with van der Waals surface area (Å²) in [7, 11) is 0. The van der Waals surface area contributed by atoms with Crippen molar-refractivity contribution in [2.75, 3.05) is 32.7 Å². The highest BCUT2D eigenvalue weighted by molar-refractivity contribution is 5.96. The summed E-state index contributed by atoms with van der Waals surface area (Å²) in [5.74, 6) is -5.76. The van der Waals surface area contributed by atoms with Gasteiger partial charge in [0.05, 0.1) is 6.54 Å². The fourth-order valence-electron chi connectivity index (χ4n) is 3.00. The van der Waals surface area contributed by atoms with Crippen LogP contribution in [0.1, 0.15) is 35.1 Å². The number of H-pyrrole nitrogens is 1. The second-order valence-electron chi connectivity index (χ2n) is 7.24. The Morgan fingerprint density at radius 1 is 1.00 bits per heavy atom. The molecule has 1 aromatic rings. The number of hydrogen-bond acceptors (Lipinski definition) is 6. The average molecular weight is 519 g/mol. The molecule has 0 saturated carbocycles. The number of aromatic amines is 1. The fraction of sp³-hybridized carbons (Fsp3) is 0.611. The standard InChI is InChI=1S/C14H21N5O2.2C2HF3O2/c1-2-5-18-6-3-11-10(8-18)13(17-16-11)14(21)19-7-4-15-12(20)9-19;2*3-2(4,5)1(6)7/h2-9H2,1H3,(H,15,20)(H,16,17);2*(H,6,7). The lowest BCUT2D eigenvalue weighted by Gasteiger charge is -2.28. The van der Waals surface area contributed by atoms with E-state index in [0.717, 1.165) is 43.7 Å². The summed E-state index contributed by atoms with van der Waals surface area (Å²) >= 11 is 0. The molecular weight excluding hydrogens is 496 g/mol. The summed E-state index contributed by atoms with van der Waals surface area (Å²) in [6.45, 7) is 6.14. The number of aromatic nitrogens is 2. The van der Waals surface area contributed by atoms with Gasteiger partial charge in [0.1, 0.15) is 0 Å². The highest BCUT2D eigenvalue weighted by Crippen LogP contribution is 2.22. The van der Waals surface area contributed by atoms with Crippen LogP contribution < -0.4 is 5.32 Å². The second kappa shape index (κ2) is 12.4. The Labute approximate surface area is 194 Å². The normalized spacial score (nSPS) is 16.1. The molecule has 2 amide bonds. The lowest BCUT2D eigenvalue weighted by Crippen LogP contribution is -2.50. The van der Waals surface area contributed by atoms with Gasteiger partial charge in [-0.2, -0.15) is 31.4 Å². The number of halogens is 6. The molecule has 1 saturated heterocycles. The number of piperazine rings is 1. The van der Waals surface area contributed by atoms with Crippen molar-refractivity contribution < 1.29 is 55.7 Å². The minimum atomic E-state index is -5.08. The smallest absolute Gasteiger partial charge is 0.475 e. The van der Waals surface area contributed by atoms with Gasteiger partial charge in [0.2, 0.25) is 5.91 Å². The van der Waals surface area contributed by atoms with Crippen molar-refractivity contribution in [2.45, 2.75) is 38.7 Å². The molecule has 1 aromatic heterocycles. The minimum absolute atomic E-state index is 0.105. The number of carbonyl (C=O) groups excluding carboxylic acids is 2. The summed E-state index contributed by atoms with van der Waals surface area (Å²) in [6, 6.07) is 0. The molecule has 2 aliphatic rings. The lowest BCUT2D eigenvalue weighted by molar-refractivity contribution is -0.193. The first kappa shape index (κ1) is 29.7. The number of aliphatic carboxylic acids is 2. The van der Waals surface area contributed by atoms with E-state index in [9.17, 15) is 35.9 Å². The van der Waals surface area contributed by atoms with Crippen LogP contribution in [0.15, 0.2) is 0 Å². The van der Waals surface area contributed by atoms with Crippen molar-refractivity contribution in [3.63, 3.8) is 0 Å². The van der Waals surface area contributed by atoms with Crippen LogP contribution in [0.2, 0.25) is 0 Å². The van der Waals surface area contributed by atoms with Gasteiger partial charge in [-0.05, 0) is 13.0 Å². The van der Waals surface area contributed by atoms with Crippen LogP contribution in [0.4, 0.5) is 26.3 Å². The summed E-state index contributed by atoms with van der Waals surface area (Å²) in [4.78, 5) is 45.7. The summed E-state index contributed by atoms with van der Waals surface area (Å²) < 4.78 is 63.5. The SMILES string of the molecule is CCCN1CCc2[nH]nc(C(=O)N3CCNC(=O)C3)c2C1.O=C(O)C(F)(F)F.O=C(O)C(F)(F)F. The molecule has 0 aromatic carbocycles. The molecule has 17 heteroatoms. The molecule has 0 radical (unpaired) electrons. The van der Waals surface area contributed by atoms with Crippen molar-refractivity contribution >= 4 is 23.8 Å². The number of alkyl halides is 6. The Balaban J connectivity index is 0.000000362. The molecule has 35 heavy (non-hydrogen) atoms. The molecular formula is C18H23F6N5O6. The number of rotatable bonds is 3.